The molecule has 0 amide bonds. The number of aliphatic hydroxyl groups is 2. The number of nitrogens with one attached hydrogen (secondary N) is 1. The molecule has 7 nitrogen and oxygen atoms in total. The molecule has 0 aliphatic carbocycles. The number of aliphatic hydroxyl groups excluding tert-OH is 2. The minimum atomic E-state index is -0.511. The molecule has 27 heavy (non-hydrogen) atoms. The first kappa shape index (κ1) is 17.6. The van der Waals surface area contributed by atoms with E-state index in [1.165, 1.54) is 5.56 Å². The van der Waals surface area contributed by atoms with Gasteiger partial charge in [-0.1, -0.05) is 29.8 Å². The van der Waals surface area contributed by atoms with E-state index in [-0.39, 0.29) is 13.2 Å². The van der Waals surface area contributed by atoms with Gasteiger partial charge in [0.15, 0.2) is 4.96 Å². The highest BCUT2D eigenvalue weighted by Crippen LogP contribution is 2.33. The van der Waals surface area contributed by atoms with Gasteiger partial charge in [-0.05, 0) is 13.0 Å². The van der Waals surface area contributed by atoms with E-state index in [9.17, 15) is 10.2 Å². The molecule has 3 N–H and O–H groups in total. The van der Waals surface area contributed by atoms with Gasteiger partial charge < -0.3 is 15.5 Å². The molecule has 0 radical (unpaired) electrons. The van der Waals surface area contributed by atoms with Crippen LogP contribution in [0.3, 0.4) is 0 Å². The van der Waals surface area contributed by atoms with Crippen molar-refractivity contribution >= 4 is 22.2 Å². The zero-order chi connectivity index (χ0) is 18.8. The Bertz CT molecular complexity index is 1050. The summed E-state index contributed by atoms with van der Waals surface area (Å²) in [5.41, 5.74) is 4.65. The van der Waals surface area contributed by atoms with Crippen molar-refractivity contribution in [1.82, 2.24) is 19.4 Å². The molecule has 0 unspecified atom stereocenters. The minimum Gasteiger partial charge on any atom is -0.394 e. The number of imidazole rings is 1. The van der Waals surface area contributed by atoms with Gasteiger partial charge in [0, 0.05) is 23.3 Å². The Morgan fingerprint density at radius 1 is 1.11 bits per heavy atom. The van der Waals surface area contributed by atoms with Crippen LogP contribution >= 0.6 is 11.3 Å². The third kappa shape index (κ3) is 3.42. The van der Waals surface area contributed by atoms with Crippen LogP contribution < -0.4 is 5.32 Å². The van der Waals surface area contributed by atoms with Crippen LogP contribution in [0.4, 0.5) is 5.95 Å². The molecule has 4 rings (SSSR count). The van der Waals surface area contributed by atoms with Crippen LogP contribution in [0.15, 0.2) is 48.1 Å². The summed E-state index contributed by atoms with van der Waals surface area (Å²) in [6.07, 6.45) is 3.63. The number of aryl methyl sites for hydroxylation is 1. The minimum absolute atomic E-state index is 0.208. The van der Waals surface area contributed by atoms with Gasteiger partial charge in [0.2, 0.25) is 5.95 Å². The van der Waals surface area contributed by atoms with Crippen LogP contribution in [0.5, 0.6) is 0 Å². The van der Waals surface area contributed by atoms with Crippen LogP contribution in [-0.2, 0) is 0 Å². The van der Waals surface area contributed by atoms with Gasteiger partial charge >= 0.3 is 0 Å². The molecule has 0 saturated carbocycles. The fourth-order valence-corrected chi connectivity index (χ4v) is 3.55. The maximum Gasteiger partial charge on any atom is 0.223 e. The molecular formula is C19H19N5O2S. The van der Waals surface area contributed by atoms with Crippen LogP contribution in [0.25, 0.3) is 27.6 Å². The Hall–Kier alpha value is -2.81. The Morgan fingerprint density at radius 3 is 2.63 bits per heavy atom. The second-order valence-electron chi connectivity index (χ2n) is 6.20. The highest BCUT2D eigenvalue weighted by molar-refractivity contribution is 7.15. The van der Waals surface area contributed by atoms with E-state index >= 15 is 0 Å². The lowest BCUT2D eigenvalue weighted by Gasteiger charge is -2.13. The van der Waals surface area contributed by atoms with Gasteiger partial charge in [0.05, 0.1) is 30.6 Å². The Balaban J connectivity index is 1.82. The van der Waals surface area contributed by atoms with Gasteiger partial charge in [-0.15, -0.1) is 11.3 Å². The molecule has 0 spiro atoms. The normalized spacial score (nSPS) is 11.4. The van der Waals surface area contributed by atoms with Gasteiger partial charge in [-0.25, -0.2) is 15.0 Å². The highest BCUT2D eigenvalue weighted by Gasteiger charge is 2.18. The Kier molecular flexibility index (Phi) is 4.85. The number of hydrogen-bond donors (Lipinski definition) is 3. The molecule has 138 valence electrons. The number of hydrogen-bond acceptors (Lipinski definition) is 7. The van der Waals surface area contributed by atoms with Gasteiger partial charge in [-0.2, -0.15) is 0 Å². The third-order valence-corrected chi connectivity index (χ3v) is 5.02. The fraction of sp³-hybridized carbons (Fsp3) is 0.211. The molecule has 3 aromatic heterocycles. The van der Waals surface area contributed by atoms with E-state index in [0.29, 0.717) is 11.6 Å². The molecule has 8 heteroatoms. The van der Waals surface area contributed by atoms with Crippen molar-refractivity contribution in [3.8, 4) is 22.6 Å². The van der Waals surface area contributed by atoms with Crippen LogP contribution in [0, 0.1) is 6.92 Å². The fourth-order valence-electron chi connectivity index (χ4n) is 2.83. The third-order valence-electron chi connectivity index (χ3n) is 4.26. The van der Waals surface area contributed by atoms with E-state index in [1.54, 1.807) is 17.5 Å². The molecule has 1 aromatic carbocycles. The second-order valence-corrected chi connectivity index (χ2v) is 7.08. The highest BCUT2D eigenvalue weighted by atomic mass is 32.1. The van der Waals surface area contributed by atoms with E-state index in [2.05, 4.69) is 46.5 Å². The van der Waals surface area contributed by atoms with E-state index in [4.69, 9.17) is 4.98 Å². The predicted octanol–water partition coefficient (Wildman–Crippen LogP) is 2.59. The van der Waals surface area contributed by atoms with Crippen molar-refractivity contribution in [2.75, 3.05) is 18.5 Å². The number of anilines is 1. The largest absolute Gasteiger partial charge is 0.394 e. The van der Waals surface area contributed by atoms with E-state index < -0.39 is 6.04 Å². The summed E-state index contributed by atoms with van der Waals surface area (Å²) in [6.45, 7) is 1.64. The van der Waals surface area contributed by atoms with Gasteiger partial charge in [0.25, 0.3) is 0 Å². The lowest BCUT2D eigenvalue weighted by Crippen LogP contribution is -2.28. The number of benzene rings is 1. The molecule has 0 bridgehead atoms. The van der Waals surface area contributed by atoms with Crippen LogP contribution in [0.1, 0.15) is 5.56 Å². The van der Waals surface area contributed by atoms with Crippen molar-refractivity contribution in [2.45, 2.75) is 13.0 Å². The average molecular weight is 381 g/mol. The van der Waals surface area contributed by atoms with Crippen molar-refractivity contribution < 1.29 is 10.2 Å². The summed E-state index contributed by atoms with van der Waals surface area (Å²) in [5, 5.41) is 23.5. The lowest BCUT2D eigenvalue weighted by molar-refractivity contribution is 0.203. The zero-order valence-electron chi connectivity index (χ0n) is 14.7. The molecular weight excluding hydrogens is 362 g/mol. The monoisotopic (exact) mass is 381 g/mol. The Morgan fingerprint density at radius 2 is 1.89 bits per heavy atom. The van der Waals surface area contributed by atoms with Gasteiger partial charge in [-0.3, -0.25) is 4.40 Å². The topological polar surface area (TPSA) is 95.6 Å². The summed E-state index contributed by atoms with van der Waals surface area (Å²) in [5.74, 6) is 0.348. The zero-order valence-corrected chi connectivity index (χ0v) is 15.5. The van der Waals surface area contributed by atoms with Crippen molar-refractivity contribution in [1.29, 1.82) is 0 Å². The number of aromatic nitrogens is 4. The van der Waals surface area contributed by atoms with Crippen molar-refractivity contribution in [2.24, 2.45) is 0 Å². The standard InChI is InChI=1S/C19H19N5O2S/c1-12-2-4-13(5-3-12)16-17(24-8-9-27-19(24)23-16)15-6-7-20-18(22-15)21-14(10-25)11-26/h2-9,14,25-26H,10-11H2,1H3,(H,20,21,22). The summed E-state index contributed by atoms with van der Waals surface area (Å²) >= 11 is 1.56. The number of rotatable bonds is 6. The van der Waals surface area contributed by atoms with Crippen molar-refractivity contribution in [3.63, 3.8) is 0 Å². The van der Waals surface area contributed by atoms with Gasteiger partial charge in [0.1, 0.15) is 5.69 Å². The average Bonchev–Trinajstić information content (AvgIpc) is 3.28. The van der Waals surface area contributed by atoms with Crippen LogP contribution in [0.2, 0.25) is 0 Å². The predicted molar refractivity (Wildman–Crippen MR) is 106 cm³/mol. The Labute approximate surface area is 160 Å². The molecule has 0 saturated heterocycles. The van der Waals surface area contributed by atoms with Crippen molar-refractivity contribution in [3.05, 3.63) is 53.7 Å². The summed E-state index contributed by atoms with van der Waals surface area (Å²) in [4.78, 5) is 14.5. The smallest absolute Gasteiger partial charge is 0.223 e. The molecule has 0 fully saturated rings. The second kappa shape index (κ2) is 7.43. The quantitative estimate of drug-likeness (QED) is 0.475. The number of fused-ring (bicyclic) bond motifs is 1. The summed E-state index contributed by atoms with van der Waals surface area (Å²) < 4.78 is 2.02. The molecule has 4 aromatic rings. The maximum atomic E-state index is 9.28. The number of nitrogens with zero attached hydrogens (tertiary/aromatic N) is 4. The first-order valence-corrected chi connectivity index (χ1v) is 9.42. The molecule has 3 heterocycles. The first-order valence-electron chi connectivity index (χ1n) is 8.54. The molecule has 0 aliphatic heterocycles. The summed E-state index contributed by atoms with van der Waals surface area (Å²) in [7, 11) is 0. The number of thiazole rings is 1. The van der Waals surface area contributed by atoms with Crippen LogP contribution in [-0.4, -0.2) is 48.8 Å². The molecule has 0 atom stereocenters. The molecule has 0 aliphatic rings. The van der Waals surface area contributed by atoms with E-state index in [1.807, 2.05) is 22.0 Å². The first-order chi connectivity index (χ1) is 13.2. The van der Waals surface area contributed by atoms with E-state index in [0.717, 1.165) is 21.9 Å². The summed E-state index contributed by atoms with van der Waals surface area (Å²) in [6, 6.07) is 9.55. The lowest BCUT2D eigenvalue weighted by atomic mass is 10.1. The maximum absolute atomic E-state index is 9.28. The SMILES string of the molecule is Cc1ccc(-c2nc3sccn3c2-c2ccnc(NC(CO)CO)n2)cc1.